The molecule has 0 saturated carbocycles. The maximum Gasteiger partial charge on any atom is 0.326 e. The van der Waals surface area contributed by atoms with Gasteiger partial charge < -0.3 is 90.4 Å². The molecule has 0 aliphatic carbocycles. The third-order valence-electron chi connectivity index (χ3n) is 10.7. The van der Waals surface area contributed by atoms with Crippen LogP contribution in [0, 0.1) is 5.92 Å². The Morgan fingerprint density at radius 3 is 1.45 bits per heavy atom. The van der Waals surface area contributed by atoms with Gasteiger partial charge in [-0.2, -0.15) is 12.6 Å². The van der Waals surface area contributed by atoms with Gasteiger partial charge in [0.25, 0.3) is 0 Å². The lowest BCUT2D eigenvalue weighted by Gasteiger charge is -2.29. The van der Waals surface area contributed by atoms with Crippen LogP contribution in [-0.4, -0.2) is 181 Å². The van der Waals surface area contributed by atoms with Crippen LogP contribution in [0.5, 0.6) is 5.75 Å². The molecular formula is C42H67N11O17S. The minimum Gasteiger partial charge on any atom is -0.508 e. The van der Waals surface area contributed by atoms with Gasteiger partial charge in [-0.15, -0.1) is 0 Å². The molecule has 0 radical (unpaired) electrons. The first-order chi connectivity index (χ1) is 33.1. The summed E-state index contributed by atoms with van der Waals surface area (Å²) in [6.45, 7) is 5.36. The van der Waals surface area contributed by atoms with Crippen molar-refractivity contribution in [3.63, 3.8) is 0 Å². The van der Waals surface area contributed by atoms with Crippen molar-refractivity contribution in [1.82, 2.24) is 42.5 Å². The summed E-state index contributed by atoms with van der Waals surface area (Å²) in [4.78, 5) is 142. The number of phenols is 1. The number of nitrogens with two attached hydrogens (primary N) is 3. The quantitative estimate of drug-likeness (QED) is 0.0307. The van der Waals surface area contributed by atoms with Gasteiger partial charge in [0.05, 0.1) is 31.3 Å². The number of aromatic hydroxyl groups is 1. The first-order valence-corrected chi connectivity index (χ1v) is 22.7. The van der Waals surface area contributed by atoms with Crippen molar-refractivity contribution in [2.75, 3.05) is 12.4 Å². The van der Waals surface area contributed by atoms with Gasteiger partial charge in [0.15, 0.2) is 0 Å². The second kappa shape index (κ2) is 30.2. The number of carbonyl (C=O) groups is 11. The third-order valence-corrected chi connectivity index (χ3v) is 11.1. The third kappa shape index (κ3) is 21.1. The van der Waals surface area contributed by atoms with E-state index in [4.69, 9.17) is 17.2 Å². The van der Waals surface area contributed by atoms with Gasteiger partial charge >= 0.3 is 5.97 Å². The van der Waals surface area contributed by atoms with E-state index in [2.05, 4.69) is 55.2 Å². The first kappa shape index (κ1) is 62.4. The molecule has 13 atom stereocenters. The topological polar surface area (TPSA) is 483 Å². The highest BCUT2D eigenvalue weighted by Gasteiger charge is 2.38. The predicted octanol–water partition coefficient (Wildman–Crippen LogP) is -7.52. The minimum absolute atomic E-state index is 0.120. The molecule has 10 amide bonds. The Hall–Kier alpha value is -6.66. The molecule has 1 aromatic carbocycles. The molecule has 71 heavy (non-hydrogen) atoms. The smallest absolute Gasteiger partial charge is 0.326 e. The number of hydrogen-bond donors (Lipinski definition) is 18. The summed E-state index contributed by atoms with van der Waals surface area (Å²) in [5.41, 5.74) is 16.7. The van der Waals surface area contributed by atoms with E-state index in [1.807, 2.05) is 0 Å². The van der Waals surface area contributed by atoms with Crippen LogP contribution in [0.15, 0.2) is 24.3 Å². The van der Waals surface area contributed by atoms with Crippen LogP contribution in [0.2, 0.25) is 0 Å². The standard InChI is InChI=1S/C42H67N11O17S/c1-6-17(2)31(42(69)70)51-38(65)27(16-71)50-34(61)23(11-12-28(43)59)46-37(64)26(15-54)49-35(62)25(14-29(44)60)48-40(67)32(19(4)56)53-41(68)33(20(5)57)52-36(63)24(47-39(66)30(45)18(3)55)13-21-7-9-22(58)10-8-21/h7-10,17-20,23-27,30-33,54-58,71H,6,11-16,45H2,1-5H3,(H2,43,59)(H2,44,60)(H,46,64)(H,47,66)(H,48,67)(H,49,62)(H,50,61)(H,51,65)(H,52,63)(H,53,68)(H,69,70)/t17-,18+,19+,20+,23-,24-,25-,26-,27-,30-,31-,32-,33-/m0/s1. The molecular weight excluding hydrogens is 963 g/mol. The molecule has 0 bridgehead atoms. The van der Waals surface area contributed by atoms with E-state index in [-0.39, 0.29) is 17.9 Å². The molecule has 0 aliphatic heterocycles. The zero-order chi connectivity index (χ0) is 54.4. The van der Waals surface area contributed by atoms with Gasteiger partial charge in [-0.25, -0.2) is 4.79 Å². The van der Waals surface area contributed by atoms with Crippen molar-refractivity contribution in [2.45, 2.75) is 139 Å². The maximum absolute atomic E-state index is 13.6. The molecule has 0 unspecified atom stereocenters. The van der Waals surface area contributed by atoms with Gasteiger partial charge in [0.1, 0.15) is 60.1 Å². The molecule has 398 valence electrons. The largest absolute Gasteiger partial charge is 0.508 e. The number of carboxylic acids is 1. The van der Waals surface area contributed by atoms with Crippen molar-refractivity contribution in [2.24, 2.45) is 23.1 Å². The normalized spacial score (nSPS) is 16.6. The van der Waals surface area contributed by atoms with E-state index in [9.17, 15) is 83.4 Å². The van der Waals surface area contributed by atoms with Gasteiger partial charge in [-0.1, -0.05) is 32.4 Å². The van der Waals surface area contributed by atoms with Crippen LogP contribution in [0.3, 0.4) is 0 Å². The molecule has 29 heteroatoms. The van der Waals surface area contributed by atoms with E-state index in [0.717, 1.165) is 13.8 Å². The highest BCUT2D eigenvalue weighted by molar-refractivity contribution is 7.80. The number of hydrogen-bond acceptors (Lipinski definition) is 18. The number of thiol groups is 1. The molecule has 0 fully saturated rings. The number of aliphatic hydroxyl groups is 4. The lowest BCUT2D eigenvalue weighted by atomic mass is 9.99. The SMILES string of the molecule is CC[C@H](C)[C@H](NC(=O)[C@H](CS)NC(=O)[C@H](CCC(N)=O)NC(=O)[C@H](CO)NC(=O)[C@H](CC(N)=O)NC(=O)[C@@H](NC(=O)[C@@H](NC(=O)[C@H](Cc1ccc(O)cc1)NC(=O)[C@@H](N)[C@@H](C)O)[C@@H](C)O)[C@@H](C)O)C(=O)O. The van der Waals surface area contributed by atoms with Gasteiger partial charge in [0, 0.05) is 18.6 Å². The first-order valence-electron chi connectivity index (χ1n) is 22.1. The average molecular weight is 1030 g/mol. The van der Waals surface area contributed by atoms with Crippen LogP contribution in [-0.2, 0) is 59.2 Å². The second-order valence-electron chi connectivity index (χ2n) is 16.6. The summed E-state index contributed by atoms with van der Waals surface area (Å²) in [7, 11) is 0. The zero-order valence-corrected chi connectivity index (χ0v) is 40.5. The molecule has 1 aromatic rings. The number of aliphatic hydroxyl groups excluding tert-OH is 4. The summed E-state index contributed by atoms with van der Waals surface area (Å²) in [5.74, 6) is -13.9. The van der Waals surface area contributed by atoms with E-state index in [1.165, 1.54) is 31.2 Å². The van der Waals surface area contributed by atoms with E-state index in [0.29, 0.717) is 12.0 Å². The molecule has 28 nitrogen and oxygen atoms in total. The lowest BCUT2D eigenvalue weighted by molar-refractivity contribution is -0.143. The van der Waals surface area contributed by atoms with E-state index in [1.54, 1.807) is 13.8 Å². The highest BCUT2D eigenvalue weighted by Crippen LogP contribution is 2.13. The van der Waals surface area contributed by atoms with Crippen molar-refractivity contribution in [3.05, 3.63) is 29.8 Å². The monoisotopic (exact) mass is 1030 g/mol. The van der Waals surface area contributed by atoms with Crippen molar-refractivity contribution < 1.29 is 83.4 Å². The number of phenolic OH excluding ortho intramolecular Hbond substituents is 1. The number of benzene rings is 1. The summed E-state index contributed by atoms with van der Waals surface area (Å²) in [6.07, 6.45) is -6.79. The number of carboxylic acid groups (broad SMARTS) is 1. The molecule has 0 aromatic heterocycles. The van der Waals surface area contributed by atoms with Crippen LogP contribution < -0.4 is 59.7 Å². The van der Waals surface area contributed by atoms with Gasteiger partial charge in [-0.05, 0) is 50.8 Å². The molecule has 1 rings (SSSR count). The summed E-state index contributed by atoms with van der Waals surface area (Å²) in [5, 5.41) is 78.0. The van der Waals surface area contributed by atoms with E-state index >= 15 is 0 Å². The molecule has 0 aliphatic rings. The second-order valence-corrected chi connectivity index (χ2v) is 17.0. The lowest BCUT2D eigenvalue weighted by Crippen LogP contribution is -2.64. The number of aliphatic carboxylic acids is 1. The Labute approximate surface area is 413 Å². The van der Waals surface area contributed by atoms with Gasteiger partial charge in [0.2, 0.25) is 59.1 Å². The highest BCUT2D eigenvalue weighted by atomic mass is 32.1. The minimum atomic E-state index is -2.02. The Balaban J connectivity index is 3.33. The zero-order valence-electron chi connectivity index (χ0n) is 39.6. The number of rotatable bonds is 31. The Bertz CT molecular complexity index is 2050. The number of carbonyl (C=O) groups excluding carboxylic acids is 10. The van der Waals surface area contributed by atoms with E-state index < -0.39 is 170 Å². The fraction of sp³-hybridized carbons (Fsp3) is 0.595. The van der Waals surface area contributed by atoms with Crippen molar-refractivity contribution in [1.29, 1.82) is 0 Å². The Morgan fingerprint density at radius 2 is 0.986 bits per heavy atom. The summed E-state index contributed by atoms with van der Waals surface area (Å²) in [6, 6.07) is -10.0. The van der Waals surface area contributed by atoms with Crippen LogP contribution in [0.4, 0.5) is 0 Å². The molecule has 0 spiro atoms. The number of primary amides is 2. The molecule has 20 N–H and O–H groups in total. The van der Waals surface area contributed by atoms with Crippen molar-refractivity contribution in [3.8, 4) is 5.75 Å². The number of nitrogens with one attached hydrogen (secondary N) is 8. The summed E-state index contributed by atoms with van der Waals surface area (Å²) < 4.78 is 0. The maximum atomic E-state index is 13.6. The molecule has 0 heterocycles. The van der Waals surface area contributed by atoms with Crippen molar-refractivity contribution >= 4 is 77.7 Å². The summed E-state index contributed by atoms with van der Waals surface area (Å²) >= 11 is 4.05. The predicted molar refractivity (Wildman–Crippen MR) is 251 cm³/mol. The Morgan fingerprint density at radius 1 is 0.563 bits per heavy atom. The average Bonchev–Trinajstić information content (AvgIpc) is 3.29. The van der Waals surface area contributed by atoms with Crippen LogP contribution >= 0.6 is 12.6 Å². The fourth-order valence-electron chi connectivity index (χ4n) is 6.24. The number of amides is 10. The molecule has 0 saturated heterocycles. The Kier molecular flexibility index (Phi) is 26.5. The van der Waals surface area contributed by atoms with Gasteiger partial charge in [-0.3, -0.25) is 47.9 Å². The van der Waals surface area contributed by atoms with Crippen LogP contribution in [0.1, 0.15) is 65.9 Å². The van der Waals surface area contributed by atoms with Crippen LogP contribution in [0.25, 0.3) is 0 Å². The fourth-order valence-corrected chi connectivity index (χ4v) is 6.50.